The molecule has 0 amide bonds. The number of aliphatic hydroxyl groups is 1. The number of ketones is 1. The summed E-state index contributed by atoms with van der Waals surface area (Å²) in [5, 5.41) is 14.3. The molecule has 5 nitrogen and oxygen atoms in total. The summed E-state index contributed by atoms with van der Waals surface area (Å²) in [5.41, 5.74) is 8.91. The molecule has 4 aliphatic carbocycles. The van der Waals surface area contributed by atoms with E-state index in [0.717, 1.165) is 44.9 Å². The maximum Gasteiger partial charge on any atom is 0.139 e. The van der Waals surface area contributed by atoms with E-state index in [0.29, 0.717) is 29.5 Å². The van der Waals surface area contributed by atoms with Crippen molar-refractivity contribution in [1.82, 2.24) is 0 Å². The minimum atomic E-state index is -0.488. The van der Waals surface area contributed by atoms with Gasteiger partial charge in [0, 0.05) is 16.7 Å². The van der Waals surface area contributed by atoms with Crippen LogP contribution in [0.4, 0.5) is 0 Å². The highest BCUT2D eigenvalue weighted by molar-refractivity contribution is 5.87. The highest BCUT2D eigenvalue weighted by atomic mass is 16.3. The van der Waals surface area contributed by atoms with Gasteiger partial charge in [0.05, 0.1) is 12.1 Å². The molecule has 0 aromatic rings. The third-order valence-electron chi connectivity index (χ3n) is 8.59. The third kappa shape index (κ3) is 2.10. The monoisotopic (exact) mass is 331 g/mol. The number of carbonyl (C=O) groups excluding carboxylic acids is 1. The van der Waals surface area contributed by atoms with Crippen molar-refractivity contribution in [2.75, 3.05) is 0 Å². The summed E-state index contributed by atoms with van der Waals surface area (Å²) in [6, 6.07) is -0.284. The molecule has 0 bridgehead atoms. The summed E-state index contributed by atoms with van der Waals surface area (Å²) in [7, 11) is 0. The van der Waals surface area contributed by atoms with Gasteiger partial charge in [-0.3, -0.25) is 4.79 Å². The SMILES string of the molecule is CC12CCC3C(CCC4CC(O)C(N=[N+]=[N-])CC43C)C1CCC2=O. The smallest absolute Gasteiger partial charge is 0.139 e. The van der Waals surface area contributed by atoms with E-state index in [1.807, 2.05) is 0 Å². The van der Waals surface area contributed by atoms with Crippen LogP contribution in [0.2, 0.25) is 0 Å². The molecule has 4 saturated carbocycles. The lowest BCUT2D eigenvalue weighted by Gasteiger charge is -2.60. The van der Waals surface area contributed by atoms with E-state index in [4.69, 9.17) is 5.53 Å². The van der Waals surface area contributed by atoms with Gasteiger partial charge >= 0.3 is 0 Å². The zero-order valence-corrected chi connectivity index (χ0v) is 14.8. The third-order valence-corrected chi connectivity index (χ3v) is 8.59. The van der Waals surface area contributed by atoms with Crippen LogP contribution in [-0.4, -0.2) is 23.0 Å². The fourth-order valence-electron chi connectivity index (χ4n) is 7.23. The Labute approximate surface area is 143 Å². The Morgan fingerprint density at radius 2 is 2.00 bits per heavy atom. The number of nitrogens with zero attached hydrogens (tertiary/aromatic N) is 3. The number of carbonyl (C=O) groups is 1. The first-order valence-corrected chi connectivity index (χ1v) is 9.65. The second kappa shape index (κ2) is 5.47. The molecule has 24 heavy (non-hydrogen) atoms. The molecule has 0 aromatic heterocycles. The molecule has 4 rings (SSSR count). The van der Waals surface area contributed by atoms with Crippen LogP contribution in [-0.2, 0) is 4.79 Å². The summed E-state index contributed by atoms with van der Waals surface area (Å²) >= 11 is 0. The van der Waals surface area contributed by atoms with Gasteiger partial charge in [-0.2, -0.15) is 0 Å². The van der Waals surface area contributed by atoms with Gasteiger partial charge in [-0.1, -0.05) is 19.0 Å². The van der Waals surface area contributed by atoms with Gasteiger partial charge in [-0.05, 0) is 79.6 Å². The van der Waals surface area contributed by atoms with Crippen molar-refractivity contribution < 1.29 is 9.90 Å². The second-order valence-corrected chi connectivity index (χ2v) is 9.35. The Bertz CT molecular complexity index is 601. The van der Waals surface area contributed by atoms with Gasteiger partial charge in [0.2, 0.25) is 0 Å². The van der Waals surface area contributed by atoms with Gasteiger partial charge in [-0.25, -0.2) is 0 Å². The normalized spacial score (nSPS) is 53.5. The van der Waals surface area contributed by atoms with Crippen LogP contribution in [0.25, 0.3) is 10.4 Å². The standard InChI is InChI=1S/C19H29N3O2/c1-18-8-7-14-12(13(18)5-6-17(18)24)4-3-11-9-16(23)15(21-22-20)10-19(11,14)2/h11-16,23H,3-10H2,1-2H3. The van der Waals surface area contributed by atoms with Gasteiger partial charge in [-0.15, -0.1) is 0 Å². The first kappa shape index (κ1) is 16.4. The van der Waals surface area contributed by atoms with E-state index in [1.165, 1.54) is 6.42 Å². The van der Waals surface area contributed by atoms with Crippen molar-refractivity contribution in [3.8, 4) is 0 Å². The highest BCUT2D eigenvalue weighted by Gasteiger charge is 2.61. The Balaban J connectivity index is 1.65. The number of azide groups is 1. The van der Waals surface area contributed by atoms with Gasteiger partial charge in [0.25, 0.3) is 0 Å². The average molecular weight is 331 g/mol. The molecule has 0 aliphatic heterocycles. The van der Waals surface area contributed by atoms with Crippen molar-refractivity contribution in [2.45, 2.75) is 77.4 Å². The number of rotatable bonds is 1. The van der Waals surface area contributed by atoms with E-state index < -0.39 is 6.10 Å². The van der Waals surface area contributed by atoms with E-state index in [2.05, 4.69) is 23.9 Å². The van der Waals surface area contributed by atoms with Gasteiger partial charge < -0.3 is 5.11 Å². The van der Waals surface area contributed by atoms with Crippen LogP contribution in [0.5, 0.6) is 0 Å². The summed E-state index contributed by atoms with van der Waals surface area (Å²) in [5.74, 6) is 2.82. The molecule has 0 heterocycles. The molecule has 0 saturated heterocycles. The predicted octanol–water partition coefficient (Wildman–Crippen LogP) is 4.25. The molecule has 0 spiro atoms. The molecule has 0 radical (unpaired) electrons. The molecule has 132 valence electrons. The Hall–Kier alpha value is -1.06. The molecular formula is C19H29N3O2. The largest absolute Gasteiger partial charge is 0.393 e. The average Bonchev–Trinajstić information content (AvgIpc) is 2.85. The molecule has 8 atom stereocenters. The van der Waals surface area contributed by atoms with Crippen molar-refractivity contribution in [3.63, 3.8) is 0 Å². The first-order chi connectivity index (χ1) is 11.4. The van der Waals surface area contributed by atoms with Crippen molar-refractivity contribution in [3.05, 3.63) is 10.4 Å². The molecule has 1 N–H and O–H groups in total. The number of hydrogen-bond acceptors (Lipinski definition) is 3. The summed E-state index contributed by atoms with van der Waals surface area (Å²) in [6.45, 7) is 4.59. The quantitative estimate of drug-likeness (QED) is 0.442. The van der Waals surface area contributed by atoms with Crippen molar-refractivity contribution in [2.24, 2.45) is 39.6 Å². The van der Waals surface area contributed by atoms with E-state index >= 15 is 0 Å². The minimum absolute atomic E-state index is 0.0806. The Morgan fingerprint density at radius 3 is 2.75 bits per heavy atom. The van der Waals surface area contributed by atoms with Gasteiger partial charge in [0.15, 0.2) is 0 Å². The minimum Gasteiger partial charge on any atom is -0.393 e. The molecule has 8 unspecified atom stereocenters. The summed E-state index contributed by atoms with van der Waals surface area (Å²) in [4.78, 5) is 15.4. The fraction of sp³-hybridized carbons (Fsp3) is 0.947. The zero-order valence-electron chi connectivity index (χ0n) is 14.8. The second-order valence-electron chi connectivity index (χ2n) is 9.35. The van der Waals surface area contributed by atoms with Crippen LogP contribution in [0.15, 0.2) is 5.11 Å². The lowest BCUT2D eigenvalue weighted by molar-refractivity contribution is -0.144. The molecule has 5 heteroatoms. The predicted molar refractivity (Wildman–Crippen MR) is 91.1 cm³/mol. The van der Waals surface area contributed by atoms with Crippen LogP contribution in [0, 0.1) is 34.5 Å². The van der Waals surface area contributed by atoms with Crippen molar-refractivity contribution >= 4 is 5.78 Å². The number of fused-ring (bicyclic) bond motifs is 5. The van der Waals surface area contributed by atoms with E-state index in [9.17, 15) is 9.90 Å². The number of aliphatic hydroxyl groups excluding tert-OH is 1. The number of Topliss-reactive ketones (excluding diaryl/α,β-unsaturated/α-hetero) is 1. The summed E-state index contributed by atoms with van der Waals surface area (Å²) < 4.78 is 0. The Kier molecular flexibility index (Phi) is 3.74. The molecule has 0 aromatic carbocycles. The maximum atomic E-state index is 12.5. The Morgan fingerprint density at radius 1 is 1.21 bits per heavy atom. The fourth-order valence-corrected chi connectivity index (χ4v) is 7.23. The maximum absolute atomic E-state index is 12.5. The summed E-state index contributed by atoms with van der Waals surface area (Å²) in [6.07, 6.45) is 7.42. The zero-order chi connectivity index (χ0) is 17.1. The van der Waals surface area contributed by atoms with E-state index in [-0.39, 0.29) is 16.9 Å². The van der Waals surface area contributed by atoms with Crippen LogP contribution < -0.4 is 0 Å². The van der Waals surface area contributed by atoms with Crippen LogP contribution in [0.3, 0.4) is 0 Å². The number of hydrogen-bond donors (Lipinski definition) is 1. The van der Waals surface area contributed by atoms with E-state index in [1.54, 1.807) is 0 Å². The lowest BCUT2D eigenvalue weighted by Crippen LogP contribution is -2.56. The molecule has 4 aliphatic rings. The van der Waals surface area contributed by atoms with Gasteiger partial charge in [0.1, 0.15) is 5.78 Å². The molecule has 4 fully saturated rings. The van der Waals surface area contributed by atoms with Crippen LogP contribution >= 0.6 is 0 Å². The first-order valence-electron chi connectivity index (χ1n) is 9.65. The molecular weight excluding hydrogens is 302 g/mol. The van der Waals surface area contributed by atoms with Crippen LogP contribution in [0.1, 0.15) is 65.2 Å². The lowest BCUT2D eigenvalue weighted by atomic mass is 9.45. The highest BCUT2D eigenvalue weighted by Crippen LogP contribution is 2.65. The topological polar surface area (TPSA) is 86.1 Å². The van der Waals surface area contributed by atoms with Crippen molar-refractivity contribution in [1.29, 1.82) is 0 Å².